The molecule has 0 aliphatic carbocycles. The summed E-state index contributed by atoms with van der Waals surface area (Å²) in [6.45, 7) is 2.99. The van der Waals surface area contributed by atoms with Crippen LogP contribution in [0.4, 0.5) is 14.5 Å². The highest BCUT2D eigenvalue weighted by Gasteiger charge is 2.24. The molecule has 1 aromatic carbocycles. The second kappa shape index (κ2) is 10.4. The number of hydrogen-bond acceptors (Lipinski definition) is 8. The minimum absolute atomic E-state index is 0.00320. The molecule has 1 aliphatic rings. The van der Waals surface area contributed by atoms with Crippen molar-refractivity contribution < 1.29 is 21.9 Å². The number of hydrogen-bond donors (Lipinski definition) is 1. The van der Waals surface area contributed by atoms with Gasteiger partial charge in [-0.25, -0.2) is 32.2 Å². The van der Waals surface area contributed by atoms with Gasteiger partial charge in [0.1, 0.15) is 29.0 Å². The number of likely N-dealkylation sites (tertiary alicyclic amines) is 1. The maximum atomic E-state index is 14.5. The second-order valence-corrected chi connectivity index (χ2v) is 11.0. The van der Waals surface area contributed by atoms with Crippen molar-refractivity contribution in [1.82, 2.24) is 24.8 Å². The van der Waals surface area contributed by atoms with Crippen LogP contribution in [0, 0.1) is 18.6 Å². The Labute approximate surface area is 222 Å². The molecular weight excluding hydrogens is 538 g/mol. The number of halogens is 3. The maximum absolute atomic E-state index is 14.5. The zero-order valence-corrected chi connectivity index (χ0v) is 22.0. The summed E-state index contributed by atoms with van der Waals surface area (Å²) in [5, 5.41) is -0.160. The Kier molecular flexibility index (Phi) is 7.12. The van der Waals surface area contributed by atoms with Gasteiger partial charge in [-0.2, -0.15) is 4.98 Å². The zero-order valence-electron chi connectivity index (χ0n) is 20.5. The van der Waals surface area contributed by atoms with Crippen LogP contribution in [-0.2, 0) is 10.0 Å². The van der Waals surface area contributed by atoms with Crippen molar-refractivity contribution in [2.75, 3.05) is 24.9 Å². The Morgan fingerprint density at radius 1 is 1.11 bits per heavy atom. The van der Waals surface area contributed by atoms with E-state index in [1.807, 2.05) is 0 Å². The summed E-state index contributed by atoms with van der Waals surface area (Å²) >= 11 is 6.16. The molecule has 0 spiro atoms. The summed E-state index contributed by atoms with van der Waals surface area (Å²) in [4.78, 5) is 18.8. The van der Waals surface area contributed by atoms with Crippen molar-refractivity contribution in [3.8, 4) is 17.1 Å². The molecule has 5 rings (SSSR count). The summed E-state index contributed by atoms with van der Waals surface area (Å²) in [5.41, 5.74) is 1.39. The normalized spacial score (nSPS) is 15.1. The fourth-order valence-electron chi connectivity index (χ4n) is 4.13. The molecule has 198 valence electrons. The lowest BCUT2D eigenvalue weighted by Crippen LogP contribution is -2.35. The highest BCUT2D eigenvalue weighted by atomic mass is 35.5. The quantitative estimate of drug-likeness (QED) is 0.341. The average molecular weight is 561 g/mol. The second-order valence-electron chi connectivity index (χ2n) is 9.02. The Morgan fingerprint density at radius 2 is 1.87 bits per heavy atom. The Bertz CT molecular complexity index is 1630. The van der Waals surface area contributed by atoms with Gasteiger partial charge in [0.25, 0.3) is 10.0 Å². The van der Waals surface area contributed by atoms with Gasteiger partial charge in [-0.1, -0.05) is 11.6 Å². The lowest BCUT2D eigenvalue weighted by Gasteiger charge is -2.29. The number of aromatic nitrogens is 4. The van der Waals surface area contributed by atoms with Crippen LogP contribution in [0.25, 0.3) is 22.3 Å². The fraction of sp³-hybridized carbons (Fsp3) is 0.280. The molecule has 1 saturated heterocycles. The molecule has 13 heteroatoms. The molecule has 0 saturated carbocycles. The van der Waals surface area contributed by atoms with Gasteiger partial charge in [0.05, 0.1) is 16.9 Å². The van der Waals surface area contributed by atoms with Gasteiger partial charge in [0.2, 0.25) is 5.88 Å². The Hall–Kier alpha value is -3.48. The number of ether oxygens (including phenoxy) is 1. The number of benzene rings is 1. The number of fused-ring (bicyclic) bond motifs is 1. The van der Waals surface area contributed by atoms with Crippen LogP contribution < -0.4 is 9.46 Å². The van der Waals surface area contributed by atoms with Gasteiger partial charge in [-0.05, 0) is 57.1 Å². The van der Waals surface area contributed by atoms with E-state index in [2.05, 4.69) is 36.6 Å². The predicted molar refractivity (Wildman–Crippen MR) is 139 cm³/mol. The van der Waals surface area contributed by atoms with Gasteiger partial charge in [-0.3, -0.25) is 4.72 Å². The molecule has 1 aliphatic heterocycles. The van der Waals surface area contributed by atoms with E-state index in [1.165, 1.54) is 18.6 Å². The van der Waals surface area contributed by atoms with Crippen LogP contribution in [0.15, 0.2) is 47.8 Å². The van der Waals surface area contributed by atoms with Crippen molar-refractivity contribution in [2.45, 2.75) is 30.8 Å². The summed E-state index contributed by atoms with van der Waals surface area (Å²) in [6, 6.07) is 6.60. The zero-order chi connectivity index (χ0) is 27.0. The van der Waals surface area contributed by atoms with Crippen LogP contribution >= 0.6 is 11.6 Å². The van der Waals surface area contributed by atoms with E-state index in [-0.39, 0.29) is 16.9 Å². The highest BCUT2D eigenvalue weighted by molar-refractivity contribution is 7.92. The maximum Gasteiger partial charge on any atom is 0.264 e. The molecule has 38 heavy (non-hydrogen) atoms. The largest absolute Gasteiger partial charge is 0.473 e. The molecule has 1 N–H and O–H groups in total. The first-order chi connectivity index (χ1) is 18.1. The third-order valence-electron chi connectivity index (χ3n) is 6.35. The van der Waals surface area contributed by atoms with Crippen molar-refractivity contribution >= 4 is 38.3 Å². The summed E-state index contributed by atoms with van der Waals surface area (Å²) < 4.78 is 62.4. The topological polar surface area (TPSA) is 110 Å². The van der Waals surface area contributed by atoms with Crippen molar-refractivity contribution in [3.05, 3.63) is 65.2 Å². The van der Waals surface area contributed by atoms with Gasteiger partial charge < -0.3 is 9.64 Å². The van der Waals surface area contributed by atoms with E-state index in [0.717, 1.165) is 45.0 Å². The van der Waals surface area contributed by atoms with Crippen molar-refractivity contribution in [3.63, 3.8) is 0 Å². The summed E-state index contributed by atoms with van der Waals surface area (Å²) in [6.07, 6.45) is 4.57. The van der Waals surface area contributed by atoms with E-state index in [1.54, 1.807) is 12.1 Å². The van der Waals surface area contributed by atoms with E-state index < -0.39 is 32.1 Å². The first kappa shape index (κ1) is 26.1. The van der Waals surface area contributed by atoms with Gasteiger partial charge in [-0.15, -0.1) is 0 Å². The molecule has 0 unspecified atom stereocenters. The number of pyridine rings is 2. The molecule has 9 nitrogen and oxygen atoms in total. The standard InChI is InChI=1S/C25H23ClF2N6O3S/c1-14-17(27)3-6-21(22(14)28)38(35,36)33-20-11-15(12-29-24(20)26)18-4-5-19-23(32-18)25(31-13-30-19)37-16-7-9-34(2)10-8-16/h3-6,11-13,16,33H,7-10H2,1-2H3. The molecule has 4 heterocycles. The predicted octanol–water partition coefficient (Wildman–Crippen LogP) is 4.60. The highest BCUT2D eigenvalue weighted by Crippen LogP contribution is 2.31. The number of rotatable bonds is 6. The molecule has 0 radical (unpaired) electrons. The van der Waals surface area contributed by atoms with Crippen LogP contribution in [-0.4, -0.2) is 59.5 Å². The number of nitrogens with zero attached hydrogens (tertiary/aromatic N) is 5. The number of nitrogens with one attached hydrogen (secondary N) is 1. The van der Waals surface area contributed by atoms with Crippen molar-refractivity contribution in [2.24, 2.45) is 0 Å². The molecule has 0 atom stereocenters. The van der Waals surface area contributed by atoms with E-state index >= 15 is 0 Å². The van der Waals surface area contributed by atoms with Crippen molar-refractivity contribution in [1.29, 1.82) is 0 Å². The minimum Gasteiger partial charge on any atom is -0.473 e. The summed E-state index contributed by atoms with van der Waals surface area (Å²) in [5.74, 6) is -1.68. The number of piperidine rings is 1. The van der Waals surface area contributed by atoms with E-state index in [4.69, 9.17) is 16.3 Å². The molecule has 1 fully saturated rings. The SMILES string of the molecule is Cc1c(F)ccc(S(=O)(=O)Nc2cc(-c3ccc4ncnc(OC5CCN(C)CC5)c4n3)cnc2Cl)c1F. The van der Waals surface area contributed by atoms with Crippen LogP contribution in [0.3, 0.4) is 0 Å². The lowest BCUT2D eigenvalue weighted by molar-refractivity contribution is 0.111. The first-order valence-electron chi connectivity index (χ1n) is 11.7. The molecule has 0 amide bonds. The van der Waals surface area contributed by atoms with Crippen LogP contribution in [0.1, 0.15) is 18.4 Å². The Balaban J connectivity index is 1.47. The molecular formula is C25H23ClF2N6O3S. The smallest absolute Gasteiger partial charge is 0.264 e. The molecule has 0 bridgehead atoms. The van der Waals surface area contributed by atoms with Gasteiger partial charge in [0, 0.05) is 30.4 Å². The van der Waals surface area contributed by atoms with Crippen LogP contribution in [0.5, 0.6) is 5.88 Å². The first-order valence-corrected chi connectivity index (χ1v) is 13.6. The van der Waals surface area contributed by atoms with Gasteiger partial charge in [0.15, 0.2) is 10.7 Å². The lowest BCUT2D eigenvalue weighted by atomic mass is 10.1. The minimum atomic E-state index is -4.45. The molecule has 4 aromatic rings. The monoisotopic (exact) mass is 560 g/mol. The fourth-order valence-corrected chi connectivity index (χ4v) is 5.53. The van der Waals surface area contributed by atoms with E-state index in [9.17, 15) is 17.2 Å². The summed E-state index contributed by atoms with van der Waals surface area (Å²) in [7, 11) is -2.38. The number of anilines is 1. The van der Waals surface area contributed by atoms with E-state index in [0.29, 0.717) is 28.2 Å². The Morgan fingerprint density at radius 3 is 2.63 bits per heavy atom. The van der Waals surface area contributed by atoms with Gasteiger partial charge >= 0.3 is 0 Å². The number of sulfonamides is 1. The third-order valence-corrected chi connectivity index (χ3v) is 8.03. The molecule has 3 aromatic heterocycles. The average Bonchev–Trinajstić information content (AvgIpc) is 2.89. The third kappa shape index (κ3) is 5.24. The van der Waals surface area contributed by atoms with Crippen LogP contribution in [0.2, 0.25) is 5.15 Å².